The molecular formula is C31H31N7O8S2. The Labute approximate surface area is 282 Å². The van der Waals surface area contributed by atoms with Crippen molar-refractivity contribution in [2.45, 2.75) is 57.7 Å². The van der Waals surface area contributed by atoms with Crippen molar-refractivity contribution < 1.29 is 29.0 Å². The van der Waals surface area contributed by atoms with Gasteiger partial charge in [0, 0.05) is 39.9 Å². The number of thiophene rings is 1. The third-order valence-electron chi connectivity index (χ3n) is 7.58. The number of nitrogens with one attached hydrogen (secondary N) is 2. The predicted molar refractivity (Wildman–Crippen MR) is 178 cm³/mol. The molecule has 0 radical (unpaired) electrons. The number of amides is 2. The van der Waals surface area contributed by atoms with Crippen LogP contribution in [-0.2, 0) is 28.9 Å². The van der Waals surface area contributed by atoms with E-state index < -0.39 is 27.6 Å². The third kappa shape index (κ3) is 7.69. The summed E-state index contributed by atoms with van der Waals surface area (Å²) in [4.78, 5) is 61.6. The highest BCUT2D eigenvalue weighted by Gasteiger charge is 2.27. The molecule has 2 heterocycles. The Kier molecular flexibility index (Phi) is 10.8. The molecule has 0 saturated heterocycles. The number of nitro benzene ring substituents is 2. The SMILES string of the molecule is CCOC(=O)c1c(NC(=O)CSc2nnc(CNC(=O)c3ccc(C)c([N+](=O)[O-])c3)n2-c2ccc([N+](=O)[O-])cc2)sc2c1CCCCC2. The number of esters is 1. The van der Waals surface area contributed by atoms with E-state index in [1.807, 2.05) is 0 Å². The number of carbonyl (C=O) groups excluding carboxylic acids is 3. The van der Waals surface area contributed by atoms with Crippen molar-refractivity contribution in [1.29, 1.82) is 0 Å². The Morgan fingerprint density at radius 2 is 1.77 bits per heavy atom. The maximum atomic E-state index is 13.2. The van der Waals surface area contributed by atoms with Crippen LogP contribution in [0.2, 0.25) is 0 Å². The van der Waals surface area contributed by atoms with E-state index in [1.54, 1.807) is 18.4 Å². The van der Waals surface area contributed by atoms with Crippen molar-refractivity contribution >= 4 is 57.3 Å². The van der Waals surface area contributed by atoms with Crippen LogP contribution < -0.4 is 10.6 Å². The summed E-state index contributed by atoms with van der Waals surface area (Å²) in [5.74, 6) is -1.32. The van der Waals surface area contributed by atoms with Gasteiger partial charge in [-0.25, -0.2) is 4.79 Å². The van der Waals surface area contributed by atoms with Crippen LogP contribution in [0.15, 0.2) is 47.6 Å². The van der Waals surface area contributed by atoms with E-state index in [4.69, 9.17) is 4.74 Å². The van der Waals surface area contributed by atoms with Crippen LogP contribution in [-0.4, -0.2) is 54.8 Å². The van der Waals surface area contributed by atoms with Gasteiger partial charge in [-0.05, 0) is 63.3 Å². The summed E-state index contributed by atoms with van der Waals surface area (Å²) in [7, 11) is 0. The molecule has 0 fully saturated rings. The van der Waals surface area contributed by atoms with Gasteiger partial charge in [-0.1, -0.05) is 24.2 Å². The van der Waals surface area contributed by atoms with Crippen molar-refractivity contribution in [2.75, 3.05) is 17.7 Å². The topological polar surface area (TPSA) is 201 Å². The van der Waals surface area contributed by atoms with Gasteiger partial charge in [0.2, 0.25) is 5.91 Å². The minimum Gasteiger partial charge on any atom is -0.462 e. The summed E-state index contributed by atoms with van der Waals surface area (Å²) in [6, 6.07) is 9.73. The zero-order valence-corrected chi connectivity index (χ0v) is 27.6. The van der Waals surface area contributed by atoms with Crippen LogP contribution in [0, 0.1) is 27.2 Å². The smallest absolute Gasteiger partial charge is 0.341 e. The number of aryl methyl sites for hydroxylation is 2. The Hall–Kier alpha value is -5.16. The summed E-state index contributed by atoms with van der Waals surface area (Å²) in [6.07, 6.45) is 4.59. The second-order valence-electron chi connectivity index (χ2n) is 10.8. The van der Waals surface area contributed by atoms with Crippen LogP contribution in [0.3, 0.4) is 0 Å². The molecule has 0 unspecified atom stereocenters. The minimum atomic E-state index is -0.586. The van der Waals surface area contributed by atoms with Gasteiger partial charge in [0.05, 0.1) is 34.3 Å². The summed E-state index contributed by atoms with van der Waals surface area (Å²) >= 11 is 2.43. The van der Waals surface area contributed by atoms with Gasteiger partial charge >= 0.3 is 5.97 Å². The molecule has 0 spiro atoms. The molecule has 2 aromatic heterocycles. The number of thioether (sulfide) groups is 1. The molecule has 1 aliphatic carbocycles. The van der Waals surface area contributed by atoms with E-state index >= 15 is 0 Å². The second kappa shape index (κ2) is 15.2. The van der Waals surface area contributed by atoms with Gasteiger partial charge in [-0.15, -0.1) is 21.5 Å². The van der Waals surface area contributed by atoms with Crippen molar-refractivity contribution in [3.63, 3.8) is 0 Å². The molecule has 2 N–H and O–H groups in total. The number of anilines is 1. The van der Waals surface area contributed by atoms with Crippen LogP contribution in [0.25, 0.3) is 5.69 Å². The fourth-order valence-electron chi connectivity index (χ4n) is 5.24. The highest BCUT2D eigenvalue weighted by atomic mass is 32.2. The molecule has 15 nitrogen and oxygen atoms in total. The van der Waals surface area contributed by atoms with Crippen molar-refractivity contribution in [3.8, 4) is 5.69 Å². The van der Waals surface area contributed by atoms with Crippen LogP contribution in [0.4, 0.5) is 16.4 Å². The number of rotatable bonds is 12. The first-order valence-corrected chi connectivity index (χ1v) is 16.8. The standard InChI is InChI=1S/C31H31N7O8S2/c1-3-46-30(41)27-22-7-5-4-6-8-24(22)48-29(27)33-26(39)17-47-31-35-34-25(36(31)20-11-13-21(14-12-20)37(42)43)16-32-28(40)19-10-9-18(2)23(15-19)38(44)45/h9-15H,3-8,16-17H2,1-2H3,(H,32,40)(H,33,39). The number of carbonyl (C=O) groups is 3. The van der Waals surface area contributed by atoms with Gasteiger partial charge in [0.25, 0.3) is 17.3 Å². The molecule has 2 amide bonds. The average Bonchev–Trinajstić information content (AvgIpc) is 3.54. The minimum absolute atomic E-state index is 0.0769. The van der Waals surface area contributed by atoms with Crippen molar-refractivity contribution in [1.82, 2.24) is 20.1 Å². The number of hydrogen-bond acceptors (Lipinski definition) is 12. The second-order valence-corrected chi connectivity index (χ2v) is 12.8. The largest absolute Gasteiger partial charge is 0.462 e. The molecule has 2 aromatic carbocycles. The highest BCUT2D eigenvalue weighted by Crippen LogP contribution is 2.38. The molecule has 250 valence electrons. The number of ether oxygens (including phenoxy) is 1. The maximum Gasteiger partial charge on any atom is 0.341 e. The molecule has 17 heteroatoms. The summed E-state index contributed by atoms with van der Waals surface area (Å²) < 4.78 is 6.86. The quantitative estimate of drug-likeness (QED) is 0.0618. The number of aromatic nitrogens is 3. The fraction of sp³-hybridized carbons (Fsp3) is 0.323. The average molecular weight is 694 g/mol. The van der Waals surface area contributed by atoms with E-state index in [9.17, 15) is 34.6 Å². The molecule has 4 aromatic rings. The predicted octanol–water partition coefficient (Wildman–Crippen LogP) is 5.56. The fourth-order valence-corrected chi connectivity index (χ4v) is 7.31. The van der Waals surface area contributed by atoms with Crippen molar-refractivity contribution in [2.24, 2.45) is 0 Å². The Morgan fingerprint density at radius 3 is 2.48 bits per heavy atom. The number of fused-ring (bicyclic) bond motifs is 1. The van der Waals surface area contributed by atoms with Crippen LogP contribution in [0.5, 0.6) is 0 Å². The molecule has 5 rings (SSSR count). The summed E-state index contributed by atoms with van der Waals surface area (Å²) in [5.41, 5.74) is 1.94. The van der Waals surface area contributed by atoms with E-state index in [0.29, 0.717) is 21.8 Å². The Bertz CT molecular complexity index is 1890. The maximum absolute atomic E-state index is 13.2. The van der Waals surface area contributed by atoms with Gasteiger partial charge in [-0.2, -0.15) is 0 Å². The van der Waals surface area contributed by atoms with Gasteiger partial charge in [-0.3, -0.25) is 34.4 Å². The third-order valence-corrected chi connectivity index (χ3v) is 9.72. The molecule has 1 aliphatic rings. The Morgan fingerprint density at radius 1 is 1.02 bits per heavy atom. The van der Waals surface area contributed by atoms with E-state index in [1.165, 1.54) is 53.8 Å². The van der Waals surface area contributed by atoms with Crippen LogP contribution >= 0.6 is 23.1 Å². The first-order chi connectivity index (χ1) is 23.1. The molecule has 48 heavy (non-hydrogen) atoms. The first-order valence-electron chi connectivity index (χ1n) is 15.0. The number of nitrogens with zero attached hydrogens (tertiary/aromatic N) is 5. The lowest BCUT2D eigenvalue weighted by Gasteiger charge is -2.11. The van der Waals surface area contributed by atoms with E-state index in [0.717, 1.165) is 54.3 Å². The number of non-ortho nitro benzene ring substituents is 1. The van der Waals surface area contributed by atoms with Crippen molar-refractivity contribution in [3.05, 3.63) is 95.6 Å². The van der Waals surface area contributed by atoms with E-state index in [2.05, 4.69) is 20.8 Å². The van der Waals surface area contributed by atoms with E-state index in [-0.39, 0.29) is 46.8 Å². The lowest BCUT2D eigenvalue weighted by Crippen LogP contribution is -2.25. The molecule has 0 saturated carbocycles. The van der Waals surface area contributed by atoms with Crippen LogP contribution in [0.1, 0.15) is 68.7 Å². The lowest BCUT2D eigenvalue weighted by molar-refractivity contribution is -0.385. The zero-order valence-electron chi connectivity index (χ0n) is 26.0. The number of benzene rings is 2. The zero-order chi connectivity index (χ0) is 34.4. The molecule has 0 atom stereocenters. The normalized spacial score (nSPS) is 12.5. The summed E-state index contributed by atoms with van der Waals surface area (Å²) in [6.45, 7) is 3.35. The van der Waals surface area contributed by atoms with Gasteiger partial charge in [0.1, 0.15) is 5.00 Å². The summed E-state index contributed by atoms with van der Waals surface area (Å²) in [5, 5.41) is 37.3. The molecule has 0 aliphatic heterocycles. The molecular weight excluding hydrogens is 663 g/mol. The highest BCUT2D eigenvalue weighted by molar-refractivity contribution is 7.99. The number of hydrogen-bond donors (Lipinski definition) is 2. The molecule has 0 bridgehead atoms. The van der Waals surface area contributed by atoms with Gasteiger partial charge in [0.15, 0.2) is 11.0 Å². The van der Waals surface area contributed by atoms with Gasteiger partial charge < -0.3 is 15.4 Å². The monoisotopic (exact) mass is 693 g/mol. The Balaban J connectivity index is 1.36. The number of nitro groups is 2. The first kappa shape index (κ1) is 34.2. The lowest BCUT2D eigenvalue weighted by atomic mass is 10.1.